The van der Waals surface area contributed by atoms with Crippen molar-refractivity contribution >= 4 is 11.6 Å². The summed E-state index contributed by atoms with van der Waals surface area (Å²) >= 11 is 0. The number of pyridine rings is 1. The average molecular weight is 247 g/mol. The topological polar surface area (TPSA) is 45.2 Å². The fraction of sp³-hybridized carbons (Fsp3) is 0.571. The summed E-state index contributed by atoms with van der Waals surface area (Å²) < 4.78 is 0. The zero-order chi connectivity index (χ0) is 13.0. The Morgan fingerprint density at radius 1 is 1.50 bits per heavy atom. The molecule has 0 radical (unpaired) electrons. The van der Waals surface area contributed by atoms with Crippen LogP contribution in [0, 0.1) is 0 Å². The van der Waals surface area contributed by atoms with E-state index in [2.05, 4.69) is 17.2 Å². The SMILES string of the molecule is CCCN(C(=O)c1cc(NCC)ccn1)C1CC1. The molecule has 98 valence electrons. The van der Waals surface area contributed by atoms with E-state index in [1.807, 2.05) is 24.0 Å². The minimum Gasteiger partial charge on any atom is -0.385 e. The molecule has 1 aromatic heterocycles. The van der Waals surface area contributed by atoms with Gasteiger partial charge in [-0.2, -0.15) is 0 Å². The van der Waals surface area contributed by atoms with E-state index in [0.29, 0.717) is 11.7 Å². The summed E-state index contributed by atoms with van der Waals surface area (Å²) in [5, 5.41) is 3.21. The first-order valence-electron chi connectivity index (χ1n) is 6.77. The number of anilines is 1. The number of nitrogens with zero attached hydrogens (tertiary/aromatic N) is 2. The van der Waals surface area contributed by atoms with Gasteiger partial charge in [-0.05, 0) is 38.3 Å². The second-order valence-corrected chi connectivity index (χ2v) is 4.69. The van der Waals surface area contributed by atoms with E-state index in [0.717, 1.165) is 38.0 Å². The lowest BCUT2D eigenvalue weighted by molar-refractivity contribution is 0.0737. The zero-order valence-electron chi connectivity index (χ0n) is 11.1. The fourth-order valence-electron chi connectivity index (χ4n) is 2.09. The Morgan fingerprint density at radius 2 is 2.28 bits per heavy atom. The Balaban J connectivity index is 2.13. The molecule has 0 aromatic carbocycles. The molecule has 18 heavy (non-hydrogen) atoms. The van der Waals surface area contributed by atoms with Crippen molar-refractivity contribution in [3.05, 3.63) is 24.0 Å². The van der Waals surface area contributed by atoms with Crippen molar-refractivity contribution in [1.82, 2.24) is 9.88 Å². The number of carbonyl (C=O) groups excluding carboxylic acids is 1. The van der Waals surface area contributed by atoms with Crippen molar-refractivity contribution in [2.24, 2.45) is 0 Å². The maximum atomic E-state index is 12.4. The first-order chi connectivity index (χ1) is 8.76. The van der Waals surface area contributed by atoms with Crippen LogP contribution < -0.4 is 5.32 Å². The van der Waals surface area contributed by atoms with Crippen molar-refractivity contribution in [3.8, 4) is 0 Å². The van der Waals surface area contributed by atoms with Crippen LogP contribution in [0.5, 0.6) is 0 Å². The summed E-state index contributed by atoms with van der Waals surface area (Å²) in [5.41, 5.74) is 1.51. The second-order valence-electron chi connectivity index (χ2n) is 4.69. The normalized spacial score (nSPS) is 14.3. The van der Waals surface area contributed by atoms with E-state index in [-0.39, 0.29) is 5.91 Å². The standard InChI is InChI=1S/C14H21N3O/c1-3-9-17(12-5-6-12)14(18)13-10-11(15-4-2)7-8-16-13/h7-8,10,12H,3-6,9H2,1-2H3,(H,15,16). The molecular weight excluding hydrogens is 226 g/mol. The molecule has 1 fully saturated rings. The van der Waals surface area contributed by atoms with Crippen molar-refractivity contribution in [1.29, 1.82) is 0 Å². The maximum absolute atomic E-state index is 12.4. The van der Waals surface area contributed by atoms with E-state index >= 15 is 0 Å². The van der Waals surface area contributed by atoms with Gasteiger partial charge in [0.15, 0.2) is 0 Å². The van der Waals surface area contributed by atoms with Crippen LogP contribution in [0.1, 0.15) is 43.6 Å². The van der Waals surface area contributed by atoms with Gasteiger partial charge in [0.1, 0.15) is 5.69 Å². The summed E-state index contributed by atoms with van der Waals surface area (Å²) in [5.74, 6) is 0.0686. The summed E-state index contributed by atoms with van der Waals surface area (Å²) in [6.45, 7) is 5.82. The molecule has 1 aliphatic carbocycles. The van der Waals surface area contributed by atoms with E-state index in [1.54, 1.807) is 6.20 Å². The molecule has 2 rings (SSSR count). The Kier molecular flexibility index (Phi) is 4.18. The molecule has 0 aliphatic heterocycles. The summed E-state index contributed by atoms with van der Waals surface area (Å²) in [4.78, 5) is 18.6. The van der Waals surface area contributed by atoms with E-state index in [4.69, 9.17) is 0 Å². The third-order valence-corrected chi connectivity index (χ3v) is 3.07. The first-order valence-corrected chi connectivity index (χ1v) is 6.77. The third kappa shape index (κ3) is 3.00. The zero-order valence-corrected chi connectivity index (χ0v) is 11.1. The summed E-state index contributed by atoms with van der Waals surface area (Å²) in [6.07, 6.45) is 4.97. The number of amides is 1. The van der Waals surface area contributed by atoms with E-state index < -0.39 is 0 Å². The van der Waals surface area contributed by atoms with Crippen LogP contribution in [0.4, 0.5) is 5.69 Å². The minimum atomic E-state index is 0.0686. The molecule has 0 unspecified atom stereocenters. The molecular formula is C14H21N3O. The van der Waals surface area contributed by atoms with E-state index in [1.165, 1.54) is 0 Å². The number of hydrogen-bond acceptors (Lipinski definition) is 3. The van der Waals surface area contributed by atoms with Gasteiger partial charge in [0, 0.05) is 31.0 Å². The Morgan fingerprint density at radius 3 is 2.89 bits per heavy atom. The molecule has 1 aliphatic rings. The monoisotopic (exact) mass is 247 g/mol. The molecule has 1 aromatic rings. The molecule has 4 nitrogen and oxygen atoms in total. The number of aromatic nitrogens is 1. The van der Waals surface area contributed by atoms with Crippen LogP contribution in [-0.2, 0) is 0 Å². The number of carbonyl (C=O) groups is 1. The van der Waals surface area contributed by atoms with Crippen LogP contribution in [0.15, 0.2) is 18.3 Å². The van der Waals surface area contributed by atoms with Gasteiger partial charge in [-0.1, -0.05) is 6.92 Å². The van der Waals surface area contributed by atoms with Crippen molar-refractivity contribution in [2.75, 3.05) is 18.4 Å². The van der Waals surface area contributed by atoms with Crippen molar-refractivity contribution < 1.29 is 4.79 Å². The number of rotatable bonds is 6. The molecule has 1 saturated carbocycles. The van der Waals surface area contributed by atoms with Gasteiger partial charge in [0.05, 0.1) is 0 Å². The smallest absolute Gasteiger partial charge is 0.272 e. The van der Waals surface area contributed by atoms with Gasteiger partial charge < -0.3 is 10.2 Å². The van der Waals surface area contributed by atoms with Crippen LogP contribution in [-0.4, -0.2) is 34.9 Å². The largest absolute Gasteiger partial charge is 0.385 e. The molecule has 0 saturated heterocycles. The predicted molar refractivity (Wildman–Crippen MR) is 72.8 cm³/mol. The maximum Gasteiger partial charge on any atom is 0.272 e. The third-order valence-electron chi connectivity index (χ3n) is 3.07. The van der Waals surface area contributed by atoms with Gasteiger partial charge >= 0.3 is 0 Å². The number of nitrogens with one attached hydrogen (secondary N) is 1. The second kappa shape index (κ2) is 5.85. The highest BCUT2D eigenvalue weighted by Gasteiger charge is 2.32. The van der Waals surface area contributed by atoms with Gasteiger partial charge in [0.25, 0.3) is 5.91 Å². The average Bonchev–Trinajstić information content (AvgIpc) is 3.20. The number of hydrogen-bond donors (Lipinski definition) is 1. The lowest BCUT2D eigenvalue weighted by Gasteiger charge is -2.21. The lowest BCUT2D eigenvalue weighted by Crippen LogP contribution is -2.34. The Hall–Kier alpha value is -1.58. The van der Waals surface area contributed by atoms with Gasteiger partial charge in [-0.3, -0.25) is 9.78 Å². The van der Waals surface area contributed by atoms with E-state index in [9.17, 15) is 4.79 Å². The molecule has 4 heteroatoms. The molecule has 0 atom stereocenters. The molecule has 0 spiro atoms. The first kappa shape index (κ1) is 12.9. The highest BCUT2D eigenvalue weighted by molar-refractivity contribution is 5.93. The molecule has 1 amide bonds. The molecule has 0 bridgehead atoms. The van der Waals surface area contributed by atoms with Gasteiger partial charge in [-0.25, -0.2) is 0 Å². The summed E-state index contributed by atoms with van der Waals surface area (Å²) in [6, 6.07) is 4.18. The Bertz CT molecular complexity index is 415. The van der Waals surface area contributed by atoms with Gasteiger partial charge in [0.2, 0.25) is 0 Å². The molecule has 1 N–H and O–H groups in total. The fourth-order valence-corrected chi connectivity index (χ4v) is 2.09. The predicted octanol–water partition coefficient (Wildman–Crippen LogP) is 2.53. The van der Waals surface area contributed by atoms with Crippen LogP contribution in [0.3, 0.4) is 0 Å². The van der Waals surface area contributed by atoms with Crippen LogP contribution in [0.2, 0.25) is 0 Å². The summed E-state index contributed by atoms with van der Waals surface area (Å²) in [7, 11) is 0. The lowest BCUT2D eigenvalue weighted by atomic mass is 10.2. The highest BCUT2D eigenvalue weighted by Crippen LogP contribution is 2.28. The Labute approximate surface area is 108 Å². The molecule has 1 heterocycles. The van der Waals surface area contributed by atoms with Gasteiger partial charge in [-0.15, -0.1) is 0 Å². The van der Waals surface area contributed by atoms with Crippen molar-refractivity contribution in [2.45, 2.75) is 39.2 Å². The quantitative estimate of drug-likeness (QED) is 0.840. The minimum absolute atomic E-state index is 0.0686. The van der Waals surface area contributed by atoms with Crippen LogP contribution in [0.25, 0.3) is 0 Å². The highest BCUT2D eigenvalue weighted by atomic mass is 16.2. The van der Waals surface area contributed by atoms with Crippen molar-refractivity contribution in [3.63, 3.8) is 0 Å². The van der Waals surface area contributed by atoms with Crippen LogP contribution >= 0.6 is 0 Å².